The largest absolute Gasteiger partial charge is 0.106 e. The summed E-state index contributed by atoms with van der Waals surface area (Å²) in [6.45, 7) is 6.00. The maximum atomic E-state index is 3.00. The minimum absolute atomic E-state index is 0.991. The zero-order chi connectivity index (χ0) is 11.4. The molecular weight excluding hydrogens is 192 g/mol. The molecule has 2 unspecified atom stereocenters. The van der Waals surface area contributed by atoms with Crippen molar-refractivity contribution in [3.8, 4) is 0 Å². The van der Waals surface area contributed by atoms with Crippen LogP contribution in [0.5, 0.6) is 0 Å². The molecule has 0 spiro atoms. The van der Waals surface area contributed by atoms with Gasteiger partial charge in [0, 0.05) is 0 Å². The molecule has 86 valence electrons. The number of hydrogen-bond acceptors (Lipinski definition) is 0. The van der Waals surface area contributed by atoms with Crippen LogP contribution in [0.25, 0.3) is 0 Å². The molecular formula is C16H22. The molecule has 4 aliphatic rings. The van der Waals surface area contributed by atoms with Crippen LogP contribution in [0.4, 0.5) is 0 Å². The lowest BCUT2D eigenvalue weighted by atomic mass is 10.1. The van der Waals surface area contributed by atoms with Crippen molar-refractivity contribution < 1.29 is 0 Å². The van der Waals surface area contributed by atoms with E-state index in [0.29, 0.717) is 0 Å². The second-order valence-corrected chi connectivity index (χ2v) is 5.04. The van der Waals surface area contributed by atoms with E-state index in [1.54, 1.807) is 11.1 Å². The zero-order valence-corrected chi connectivity index (χ0v) is 10.1. The summed E-state index contributed by atoms with van der Waals surface area (Å²) in [6, 6.07) is 0. The van der Waals surface area contributed by atoms with E-state index in [2.05, 4.69) is 37.5 Å². The van der Waals surface area contributed by atoms with Crippen molar-refractivity contribution in [3.63, 3.8) is 0 Å². The lowest BCUT2D eigenvalue weighted by Gasteiger charge is -1.96. The third-order valence-electron chi connectivity index (χ3n) is 3.95. The summed E-state index contributed by atoms with van der Waals surface area (Å²) >= 11 is 0. The van der Waals surface area contributed by atoms with Crippen molar-refractivity contribution in [1.82, 2.24) is 0 Å². The fraction of sp³-hybridized carbons (Fsp3) is 0.500. The lowest BCUT2D eigenvalue weighted by Crippen LogP contribution is -1.82. The molecule has 4 aliphatic carbocycles. The predicted molar refractivity (Wildman–Crippen MR) is 71.2 cm³/mol. The summed E-state index contributed by atoms with van der Waals surface area (Å²) in [4.78, 5) is 0. The first-order valence-corrected chi connectivity index (χ1v) is 6.46. The molecule has 0 saturated heterocycles. The maximum absolute atomic E-state index is 3.00. The molecule has 0 nitrogen and oxygen atoms in total. The molecule has 16 heavy (non-hydrogen) atoms. The Morgan fingerprint density at radius 3 is 1.50 bits per heavy atom. The Morgan fingerprint density at radius 1 is 0.875 bits per heavy atom. The van der Waals surface area contributed by atoms with Gasteiger partial charge in [-0.25, -0.2) is 0 Å². The Kier molecular flexibility index (Phi) is 3.82. The van der Waals surface area contributed by atoms with Crippen molar-refractivity contribution >= 4 is 0 Å². The number of allylic oxidation sites excluding steroid dienone is 6. The van der Waals surface area contributed by atoms with Crippen LogP contribution < -0.4 is 0 Å². The molecule has 4 rings (SSSR count). The van der Waals surface area contributed by atoms with Crippen LogP contribution in [0.2, 0.25) is 0 Å². The van der Waals surface area contributed by atoms with E-state index in [1.807, 2.05) is 0 Å². The van der Waals surface area contributed by atoms with Gasteiger partial charge < -0.3 is 0 Å². The average Bonchev–Trinajstić information content (AvgIpc) is 3.14. The van der Waals surface area contributed by atoms with Crippen molar-refractivity contribution in [2.45, 2.75) is 38.5 Å². The Hall–Kier alpha value is -1.04. The minimum Gasteiger partial charge on any atom is -0.106 e. The first-order valence-electron chi connectivity index (χ1n) is 6.46. The Labute approximate surface area is 99.4 Å². The molecule has 0 aromatic heterocycles. The molecule has 0 N–H and O–H groups in total. The SMILES string of the molecule is C1=C2CCC(=C1)C2.C1=CC2CCC1C2.C=C. The average molecular weight is 214 g/mol. The molecule has 0 aromatic carbocycles. The topological polar surface area (TPSA) is 0 Å². The number of hydrogen-bond donors (Lipinski definition) is 0. The van der Waals surface area contributed by atoms with E-state index in [-0.39, 0.29) is 0 Å². The Bertz CT molecular complexity index is 300. The Balaban J connectivity index is 0.000000105. The van der Waals surface area contributed by atoms with Gasteiger partial charge in [-0.05, 0) is 50.4 Å². The lowest BCUT2D eigenvalue weighted by molar-refractivity contribution is 0.691. The molecule has 0 radical (unpaired) electrons. The molecule has 4 bridgehead atoms. The standard InChI is InChI=1S/C7H10.C7H8.C2H4/c2*1-2-7-4-3-6(1)5-7;1-2/h1-2,6-7H,3-5H2;1-2H,3-5H2;1-2H2. The smallest absolute Gasteiger partial charge is 0.0102 e. The van der Waals surface area contributed by atoms with Crippen molar-refractivity contribution in [2.24, 2.45) is 11.8 Å². The third-order valence-corrected chi connectivity index (χ3v) is 3.95. The van der Waals surface area contributed by atoms with Gasteiger partial charge in [0.05, 0.1) is 0 Å². The first kappa shape index (κ1) is 11.4. The normalized spacial score (nSPS) is 31.2. The number of rotatable bonds is 0. The van der Waals surface area contributed by atoms with E-state index < -0.39 is 0 Å². The van der Waals surface area contributed by atoms with Crippen LogP contribution in [0, 0.1) is 11.8 Å². The molecule has 0 heterocycles. The first-order chi connectivity index (χ1) is 7.90. The fourth-order valence-corrected chi connectivity index (χ4v) is 3.03. The highest BCUT2D eigenvalue weighted by atomic mass is 14.3. The summed E-state index contributed by atoms with van der Waals surface area (Å²) in [5.41, 5.74) is 3.30. The van der Waals surface area contributed by atoms with Gasteiger partial charge in [-0.1, -0.05) is 35.5 Å². The van der Waals surface area contributed by atoms with Gasteiger partial charge in [-0.2, -0.15) is 0 Å². The summed E-state index contributed by atoms with van der Waals surface area (Å²) in [5.74, 6) is 1.98. The summed E-state index contributed by atoms with van der Waals surface area (Å²) < 4.78 is 0. The highest BCUT2D eigenvalue weighted by Crippen LogP contribution is 2.38. The molecule has 0 amide bonds. The highest BCUT2D eigenvalue weighted by Gasteiger charge is 2.25. The van der Waals surface area contributed by atoms with Crippen LogP contribution in [-0.2, 0) is 0 Å². The van der Waals surface area contributed by atoms with E-state index in [0.717, 1.165) is 11.8 Å². The van der Waals surface area contributed by atoms with E-state index in [4.69, 9.17) is 0 Å². The summed E-state index contributed by atoms with van der Waals surface area (Å²) in [5, 5.41) is 0. The van der Waals surface area contributed by atoms with Crippen molar-refractivity contribution in [3.05, 3.63) is 48.6 Å². The molecule has 2 atom stereocenters. The second kappa shape index (κ2) is 5.34. The van der Waals surface area contributed by atoms with Gasteiger partial charge in [0.25, 0.3) is 0 Å². The third kappa shape index (κ3) is 2.55. The maximum Gasteiger partial charge on any atom is -0.0102 e. The van der Waals surface area contributed by atoms with Gasteiger partial charge in [-0.15, -0.1) is 13.2 Å². The van der Waals surface area contributed by atoms with Gasteiger partial charge in [0.1, 0.15) is 0 Å². The quantitative estimate of drug-likeness (QED) is 0.507. The molecule has 0 aromatic rings. The van der Waals surface area contributed by atoms with E-state index >= 15 is 0 Å². The second-order valence-electron chi connectivity index (χ2n) is 5.04. The van der Waals surface area contributed by atoms with Crippen LogP contribution in [0.1, 0.15) is 38.5 Å². The van der Waals surface area contributed by atoms with Gasteiger partial charge in [0.15, 0.2) is 0 Å². The number of fused-ring (bicyclic) bond motifs is 4. The molecule has 0 heteroatoms. The summed E-state index contributed by atoms with van der Waals surface area (Å²) in [6.07, 6.45) is 17.7. The van der Waals surface area contributed by atoms with Crippen LogP contribution >= 0.6 is 0 Å². The van der Waals surface area contributed by atoms with Gasteiger partial charge >= 0.3 is 0 Å². The Morgan fingerprint density at radius 2 is 1.38 bits per heavy atom. The molecule has 2 saturated carbocycles. The van der Waals surface area contributed by atoms with Crippen molar-refractivity contribution in [2.75, 3.05) is 0 Å². The van der Waals surface area contributed by atoms with Crippen LogP contribution in [0.3, 0.4) is 0 Å². The van der Waals surface area contributed by atoms with E-state index in [1.165, 1.54) is 38.5 Å². The van der Waals surface area contributed by atoms with Crippen molar-refractivity contribution in [1.29, 1.82) is 0 Å². The predicted octanol–water partition coefficient (Wildman–Crippen LogP) is 4.81. The fourth-order valence-electron chi connectivity index (χ4n) is 3.03. The van der Waals surface area contributed by atoms with Gasteiger partial charge in [0.2, 0.25) is 0 Å². The highest BCUT2D eigenvalue weighted by molar-refractivity contribution is 5.36. The molecule has 2 fully saturated rings. The summed E-state index contributed by atoms with van der Waals surface area (Å²) in [7, 11) is 0. The zero-order valence-electron chi connectivity index (χ0n) is 10.1. The van der Waals surface area contributed by atoms with E-state index in [9.17, 15) is 0 Å². The van der Waals surface area contributed by atoms with Crippen LogP contribution in [0.15, 0.2) is 48.6 Å². The van der Waals surface area contributed by atoms with Crippen LogP contribution in [-0.4, -0.2) is 0 Å². The monoisotopic (exact) mass is 214 g/mol. The van der Waals surface area contributed by atoms with Gasteiger partial charge in [-0.3, -0.25) is 0 Å². The minimum atomic E-state index is 0.991. The molecule has 0 aliphatic heterocycles.